The van der Waals surface area contributed by atoms with Crippen LogP contribution in [0.3, 0.4) is 0 Å². The van der Waals surface area contributed by atoms with E-state index in [9.17, 15) is 14.7 Å². The number of aliphatic carboxylic acids is 1. The van der Waals surface area contributed by atoms with Crippen LogP contribution in [-0.4, -0.2) is 28.0 Å². The van der Waals surface area contributed by atoms with Gasteiger partial charge in [-0.2, -0.15) is 0 Å². The minimum absolute atomic E-state index is 0.00926. The molecule has 1 aliphatic carbocycles. The van der Waals surface area contributed by atoms with Crippen molar-refractivity contribution in [1.29, 1.82) is 0 Å². The van der Waals surface area contributed by atoms with Crippen molar-refractivity contribution >= 4 is 23.0 Å². The van der Waals surface area contributed by atoms with E-state index in [0.29, 0.717) is 31.6 Å². The summed E-state index contributed by atoms with van der Waals surface area (Å²) in [5.74, 6) is -0.345. The van der Waals surface area contributed by atoms with Crippen LogP contribution in [-0.2, 0) is 15.0 Å². The van der Waals surface area contributed by atoms with Gasteiger partial charge in [-0.15, -0.1) is 0 Å². The summed E-state index contributed by atoms with van der Waals surface area (Å²) in [7, 11) is 0. The standard InChI is InChI=1S/C23H24N2O4/c1-2-5-20(26)24-17-12-13-23(14-17,22(27)28)16-10-8-15(9-11-16)21-25-18-6-3-4-7-19(18)29-21/h3-4,6-11,17H,2,5,12-14H2,1H3,(H,24,26)(H,27,28)/t17-,23+/m0/s1. The molecule has 1 amide bonds. The molecule has 0 aliphatic heterocycles. The fourth-order valence-electron chi connectivity index (χ4n) is 4.20. The van der Waals surface area contributed by atoms with Crippen LogP contribution in [0.4, 0.5) is 0 Å². The number of para-hydroxylation sites is 2. The second-order valence-electron chi connectivity index (χ2n) is 7.71. The average Bonchev–Trinajstić information content (AvgIpc) is 3.33. The van der Waals surface area contributed by atoms with Crippen LogP contribution in [0.15, 0.2) is 52.9 Å². The molecule has 1 fully saturated rings. The normalized spacial score (nSPS) is 21.3. The van der Waals surface area contributed by atoms with Crippen molar-refractivity contribution in [2.24, 2.45) is 0 Å². The van der Waals surface area contributed by atoms with Gasteiger partial charge in [0.05, 0.1) is 5.41 Å². The van der Waals surface area contributed by atoms with Gasteiger partial charge in [0.15, 0.2) is 5.58 Å². The molecular weight excluding hydrogens is 368 g/mol. The Morgan fingerprint density at radius 2 is 1.97 bits per heavy atom. The number of carbonyl (C=O) groups is 2. The number of hydrogen-bond acceptors (Lipinski definition) is 4. The van der Waals surface area contributed by atoms with Crippen LogP contribution in [0.25, 0.3) is 22.6 Å². The summed E-state index contributed by atoms with van der Waals surface area (Å²) in [5.41, 5.74) is 2.07. The topological polar surface area (TPSA) is 92.4 Å². The van der Waals surface area contributed by atoms with Crippen molar-refractivity contribution in [3.63, 3.8) is 0 Å². The van der Waals surface area contributed by atoms with E-state index in [2.05, 4.69) is 10.3 Å². The molecule has 0 radical (unpaired) electrons. The number of fused-ring (bicyclic) bond motifs is 1. The predicted molar refractivity (Wildman–Crippen MR) is 109 cm³/mol. The lowest BCUT2D eigenvalue weighted by Gasteiger charge is -2.25. The average molecular weight is 392 g/mol. The van der Waals surface area contributed by atoms with Gasteiger partial charge in [-0.25, -0.2) is 4.98 Å². The molecule has 0 bridgehead atoms. The molecule has 0 spiro atoms. The molecule has 2 N–H and O–H groups in total. The number of aromatic nitrogens is 1. The third-order valence-electron chi connectivity index (χ3n) is 5.74. The van der Waals surface area contributed by atoms with Gasteiger partial charge in [-0.05, 0) is 55.5 Å². The van der Waals surface area contributed by atoms with Gasteiger partial charge >= 0.3 is 5.97 Å². The van der Waals surface area contributed by atoms with Crippen LogP contribution in [0.5, 0.6) is 0 Å². The fourth-order valence-corrected chi connectivity index (χ4v) is 4.20. The summed E-state index contributed by atoms with van der Waals surface area (Å²) in [4.78, 5) is 28.6. The number of benzene rings is 2. The number of nitrogens with one attached hydrogen (secondary N) is 1. The first-order valence-corrected chi connectivity index (χ1v) is 10.0. The molecule has 3 aromatic rings. The number of rotatable bonds is 6. The largest absolute Gasteiger partial charge is 0.481 e. The van der Waals surface area contributed by atoms with E-state index in [0.717, 1.165) is 28.6 Å². The smallest absolute Gasteiger partial charge is 0.314 e. The second-order valence-corrected chi connectivity index (χ2v) is 7.71. The van der Waals surface area contributed by atoms with Gasteiger partial charge in [-0.1, -0.05) is 31.2 Å². The van der Waals surface area contributed by atoms with Crippen molar-refractivity contribution in [3.8, 4) is 11.5 Å². The van der Waals surface area contributed by atoms with Crippen molar-refractivity contribution < 1.29 is 19.1 Å². The van der Waals surface area contributed by atoms with Crippen LogP contribution in [0, 0.1) is 0 Å². The molecule has 0 saturated heterocycles. The molecular formula is C23H24N2O4. The van der Waals surface area contributed by atoms with Crippen molar-refractivity contribution in [2.45, 2.75) is 50.5 Å². The quantitative estimate of drug-likeness (QED) is 0.653. The van der Waals surface area contributed by atoms with Crippen molar-refractivity contribution in [2.75, 3.05) is 0 Å². The zero-order chi connectivity index (χ0) is 20.4. The van der Waals surface area contributed by atoms with E-state index < -0.39 is 11.4 Å². The van der Waals surface area contributed by atoms with Crippen LogP contribution in [0.1, 0.15) is 44.6 Å². The van der Waals surface area contributed by atoms with Crippen LogP contribution in [0.2, 0.25) is 0 Å². The number of carbonyl (C=O) groups excluding carboxylic acids is 1. The van der Waals surface area contributed by atoms with Gasteiger partial charge in [0.2, 0.25) is 11.8 Å². The summed E-state index contributed by atoms with van der Waals surface area (Å²) in [6.45, 7) is 1.95. The Morgan fingerprint density at radius 1 is 1.21 bits per heavy atom. The fraction of sp³-hybridized carbons (Fsp3) is 0.348. The highest BCUT2D eigenvalue weighted by Crippen LogP contribution is 2.42. The van der Waals surface area contributed by atoms with Gasteiger partial charge < -0.3 is 14.8 Å². The predicted octanol–water partition coefficient (Wildman–Crippen LogP) is 4.29. The van der Waals surface area contributed by atoms with E-state index in [4.69, 9.17) is 4.42 Å². The second kappa shape index (κ2) is 7.70. The van der Waals surface area contributed by atoms with Crippen molar-refractivity contribution in [3.05, 3.63) is 54.1 Å². The van der Waals surface area contributed by atoms with E-state index in [1.807, 2.05) is 55.5 Å². The Kier molecular flexibility index (Phi) is 5.09. The van der Waals surface area contributed by atoms with E-state index in [1.165, 1.54) is 0 Å². The lowest BCUT2D eigenvalue weighted by Crippen LogP contribution is -2.38. The lowest BCUT2D eigenvalue weighted by molar-refractivity contribution is -0.143. The monoisotopic (exact) mass is 392 g/mol. The summed E-state index contributed by atoms with van der Waals surface area (Å²) >= 11 is 0. The Hall–Kier alpha value is -3.15. The molecule has 2 aromatic carbocycles. The maximum Gasteiger partial charge on any atom is 0.314 e. The zero-order valence-electron chi connectivity index (χ0n) is 16.4. The summed E-state index contributed by atoms with van der Waals surface area (Å²) in [6.07, 6.45) is 2.81. The Bertz CT molecular complexity index is 1010. The Morgan fingerprint density at radius 3 is 2.66 bits per heavy atom. The molecule has 0 unspecified atom stereocenters. The Labute approximate surface area is 168 Å². The number of amides is 1. The lowest BCUT2D eigenvalue weighted by atomic mass is 9.78. The number of hydrogen-bond donors (Lipinski definition) is 2. The van der Waals surface area contributed by atoms with E-state index >= 15 is 0 Å². The summed E-state index contributed by atoms with van der Waals surface area (Å²) < 4.78 is 5.80. The van der Waals surface area contributed by atoms with Gasteiger partial charge in [-0.3, -0.25) is 9.59 Å². The van der Waals surface area contributed by atoms with Gasteiger partial charge in [0, 0.05) is 18.0 Å². The zero-order valence-corrected chi connectivity index (χ0v) is 16.4. The first kappa shape index (κ1) is 19.2. The third kappa shape index (κ3) is 3.62. The van der Waals surface area contributed by atoms with Crippen molar-refractivity contribution in [1.82, 2.24) is 10.3 Å². The minimum Gasteiger partial charge on any atom is -0.481 e. The molecule has 150 valence electrons. The first-order chi connectivity index (χ1) is 14.0. The van der Waals surface area contributed by atoms with Crippen LogP contribution >= 0.6 is 0 Å². The molecule has 29 heavy (non-hydrogen) atoms. The van der Waals surface area contributed by atoms with Gasteiger partial charge in [0.1, 0.15) is 5.52 Å². The molecule has 4 rings (SSSR count). The summed E-state index contributed by atoms with van der Waals surface area (Å²) in [6, 6.07) is 14.8. The summed E-state index contributed by atoms with van der Waals surface area (Å²) in [5, 5.41) is 13.0. The number of oxazole rings is 1. The molecule has 1 heterocycles. The molecule has 1 saturated carbocycles. The van der Waals surface area contributed by atoms with E-state index in [-0.39, 0.29) is 11.9 Å². The maximum atomic E-state index is 12.2. The first-order valence-electron chi connectivity index (χ1n) is 10.0. The molecule has 2 atom stereocenters. The molecule has 1 aliphatic rings. The third-order valence-corrected chi connectivity index (χ3v) is 5.74. The van der Waals surface area contributed by atoms with Gasteiger partial charge in [0.25, 0.3) is 0 Å². The number of nitrogens with zero attached hydrogens (tertiary/aromatic N) is 1. The Balaban J connectivity index is 1.57. The highest BCUT2D eigenvalue weighted by Gasteiger charge is 2.47. The molecule has 6 heteroatoms. The SMILES string of the molecule is CCCC(=O)N[C@H]1CC[C@](C(=O)O)(c2ccc(-c3nc4ccccc4o3)cc2)C1. The highest BCUT2D eigenvalue weighted by atomic mass is 16.4. The number of carboxylic acids is 1. The highest BCUT2D eigenvalue weighted by molar-refractivity contribution is 5.83. The molecule has 6 nitrogen and oxygen atoms in total. The minimum atomic E-state index is -0.982. The van der Waals surface area contributed by atoms with Crippen LogP contribution < -0.4 is 5.32 Å². The van der Waals surface area contributed by atoms with E-state index in [1.54, 1.807) is 0 Å². The number of carboxylic acid groups (broad SMARTS) is 1. The maximum absolute atomic E-state index is 12.2. The molecule has 1 aromatic heterocycles.